The Morgan fingerprint density at radius 3 is 2.08 bits per heavy atom. The molecule has 0 aliphatic rings. The van der Waals surface area contributed by atoms with E-state index in [-0.39, 0.29) is 5.54 Å². The molecule has 1 aromatic rings. The molecule has 1 nitrogen and oxygen atoms in total. The zero-order valence-electron chi connectivity index (χ0n) is 15.7. The van der Waals surface area contributed by atoms with Crippen LogP contribution in [0, 0.1) is 5.92 Å². The molecule has 0 saturated carbocycles. The first kappa shape index (κ1) is 21.8. The molecule has 0 fully saturated rings. The lowest BCUT2D eigenvalue weighted by Crippen LogP contribution is -2.42. The normalized spacial score (nSPS) is 13.2. The lowest BCUT2D eigenvalue weighted by atomic mass is 9.80. The number of halogens is 2. The third-order valence-corrected chi connectivity index (χ3v) is 5.53. The molecule has 1 unspecified atom stereocenters. The Labute approximate surface area is 159 Å². The Morgan fingerprint density at radius 1 is 0.958 bits per heavy atom. The molecule has 0 saturated heterocycles. The van der Waals surface area contributed by atoms with Crippen LogP contribution in [0.2, 0.25) is 10.0 Å². The lowest BCUT2D eigenvalue weighted by molar-refractivity contribution is 0.290. The minimum atomic E-state index is -0.190. The van der Waals surface area contributed by atoms with E-state index in [9.17, 15) is 0 Å². The van der Waals surface area contributed by atoms with Crippen LogP contribution in [0.5, 0.6) is 0 Å². The first-order valence-corrected chi connectivity index (χ1v) is 10.3. The van der Waals surface area contributed by atoms with E-state index in [4.69, 9.17) is 28.9 Å². The van der Waals surface area contributed by atoms with Crippen molar-refractivity contribution in [1.82, 2.24) is 0 Å². The van der Waals surface area contributed by atoms with Crippen LogP contribution in [0.4, 0.5) is 0 Å². The van der Waals surface area contributed by atoms with Crippen molar-refractivity contribution in [2.75, 3.05) is 0 Å². The minimum absolute atomic E-state index is 0.190. The van der Waals surface area contributed by atoms with Gasteiger partial charge in [0.15, 0.2) is 0 Å². The zero-order valence-corrected chi connectivity index (χ0v) is 17.2. The standard InChI is InChI=1S/C21H35Cl2N/c1-4-5-6-7-8-9-10-11-12-18(21(2,3)24)15-17-13-14-19(22)16-20(17)23/h13-14,16,18H,4-12,15,24H2,1-3H3. The topological polar surface area (TPSA) is 26.0 Å². The summed E-state index contributed by atoms with van der Waals surface area (Å²) in [7, 11) is 0. The van der Waals surface area contributed by atoms with Crippen LogP contribution < -0.4 is 5.73 Å². The molecule has 138 valence electrons. The van der Waals surface area contributed by atoms with Gasteiger partial charge in [0.25, 0.3) is 0 Å². The average molecular weight is 372 g/mol. The van der Waals surface area contributed by atoms with Crippen LogP contribution in [-0.4, -0.2) is 5.54 Å². The van der Waals surface area contributed by atoms with Crippen molar-refractivity contribution in [3.05, 3.63) is 33.8 Å². The van der Waals surface area contributed by atoms with E-state index in [2.05, 4.69) is 20.8 Å². The monoisotopic (exact) mass is 371 g/mol. The van der Waals surface area contributed by atoms with Crippen molar-refractivity contribution >= 4 is 23.2 Å². The Hall–Kier alpha value is -0.240. The summed E-state index contributed by atoms with van der Waals surface area (Å²) < 4.78 is 0. The summed E-state index contributed by atoms with van der Waals surface area (Å²) in [4.78, 5) is 0. The van der Waals surface area contributed by atoms with Crippen LogP contribution in [0.15, 0.2) is 18.2 Å². The summed E-state index contributed by atoms with van der Waals surface area (Å²) >= 11 is 12.3. The lowest BCUT2D eigenvalue weighted by Gasteiger charge is -2.31. The summed E-state index contributed by atoms with van der Waals surface area (Å²) in [5, 5.41) is 1.45. The highest BCUT2D eigenvalue weighted by atomic mass is 35.5. The predicted octanol–water partition coefficient (Wildman–Crippen LogP) is 7.42. The van der Waals surface area contributed by atoms with Gasteiger partial charge in [-0.2, -0.15) is 0 Å². The van der Waals surface area contributed by atoms with Crippen LogP contribution >= 0.6 is 23.2 Å². The van der Waals surface area contributed by atoms with E-state index in [1.165, 1.54) is 51.4 Å². The van der Waals surface area contributed by atoms with Gasteiger partial charge in [0.1, 0.15) is 0 Å². The van der Waals surface area contributed by atoms with E-state index in [0.29, 0.717) is 10.9 Å². The van der Waals surface area contributed by atoms with Crippen LogP contribution in [0.25, 0.3) is 0 Å². The molecule has 0 amide bonds. The second kappa shape index (κ2) is 11.4. The van der Waals surface area contributed by atoms with Gasteiger partial charge in [0.05, 0.1) is 0 Å². The van der Waals surface area contributed by atoms with Gasteiger partial charge in [-0.1, -0.05) is 87.6 Å². The summed E-state index contributed by atoms with van der Waals surface area (Å²) in [6, 6.07) is 5.78. The van der Waals surface area contributed by atoms with E-state index in [1.807, 2.05) is 18.2 Å². The first-order valence-electron chi connectivity index (χ1n) is 9.57. The molecule has 1 aromatic carbocycles. The van der Waals surface area contributed by atoms with E-state index >= 15 is 0 Å². The zero-order chi connectivity index (χ0) is 18.0. The van der Waals surface area contributed by atoms with Gasteiger partial charge in [-0.25, -0.2) is 0 Å². The molecule has 1 atom stereocenters. The number of hydrogen-bond donors (Lipinski definition) is 1. The molecule has 0 bridgehead atoms. The molecule has 0 aliphatic carbocycles. The molecule has 0 heterocycles. The Morgan fingerprint density at radius 2 is 1.54 bits per heavy atom. The Balaban J connectivity index is 2.41. The van der Waals surface area contributed by atoms with Crippen molar-refractivity contribution in [2.24, 2.45) is 11.7 Å². The second-order valence-corrected chi connectivity index (χ2v) is 8.57. The average Bonchev–Trinajstić information content (AvgIpc) is 2.49. The maximum Gasteiger partial charge on any atom is 0.0452 e. The van der Waals surface area contributed by atoms with Gasteiger partial charge >= 0.3 is 0 Å². The molecule has 0 radical (unpaired) electrons. The maximum absolute atomic E-state index is 6.43. The Bertz CT molecular complexity index is 465. The van der Waals surface area contributed by atoms with Gasteiger partial charge in [0.2, 0.25) is 0 Å². The van der Waals surface area contributed by atoms with E-state index in [0.717, 1.165) is 23.4 Å². The number of unbranched alkanes of at least 4 members (excludes halogenated alkanes) is 7. The highest BCUT2D eigenvalue weighted by Crippen LogP contribution is 2.29. The van der Waals surface area contributed by atoms with Crippen molar-refractivity contribution in [3.8, 4) is 0 Å². The quantitative estimate of drug-likeness (QED) is 0.380. The van der Waals surface area contributed by atoms with Gasteiger partial charge in [-0.3, -0.25) is 0 Å². The molecule has 0 aliphatic heterocycles. The van der Waals surface area contributed by atoms with Crippen molar-refractivity contribution in [1.29, 1.82) is 0 Å². The van der Waals surface area contributed by atoms with E-state index in [1.54, 1.807) is 0 Å². The maximum atomic E-state index is 6.43. The highest BCUT2D eigenvalue weighted by molar-refractivity contribution is 6.35. The van der Waals surface area contributed by atoms with Crippen molar-refractivity contribution in [2.45, 2.75) is 90.5 Å². The summed E-state index contributed by atoms with van der Waals surface area (Å²) in [5.41, 5.74) is 7.40. The third kappa shape index (κ3) is 8.74. The Kier molecular flexibility index (Phi) is 10.3. The van der Waals surface area contributed by atoms with E-state index < -0.39 is 0 Å². The number of benzene rings is 1. The molecule has 1 rings (SSSR count). The first-order chi connectivity index (χ1) is 11.3. The van der Waals surface area contributed by atoms with Crippen LogP contribution in [0.3, 0.4) is 0 Å². The minimum Gasteiger partial charge on any atom is -0.325 e. The molecular formula is C21H35Cl2N. The summed E-state index contributed by atoms with van der Waals surface area (Å²) in [6.45, 7) is 6.53. The number of rotatable bonds is 12. The molecule has 0 aromatic heterocycles. The predicted molar refractivity (Wildman–Crippen MR) is 109 cm³/mol. The fraction of sp³-hybridized carbons (Fsp3) is 0.714. The molecular weight excluding hydrogens is 337 g/mol. The molecule has 24 heavy (non-hydrogen) atoms. The summed E-state index contributed by atoms with van der Waals surface area (Å²) in [6.07, 6.45) is 12.9. The smallest absolute Gasteiger partial charge is 0.0452 e. The van der Waals surface area contributed by atoms with Gasteiger partial charge in [-0.05, 0) is 50.3 Å². The highest BCUT2D eigenvalue weighted by Gasteiger charge is 2.25. The second-order valence-electron chi connectivity index (χ2n) is 7.72. The molecule has 0 spiro atoms. The fourth-order valence-corrected chi connectivity index (χ4v) is 3.70. The van der Waals surface area contributed by atoms with Crippen molar-refractivity contribution in [3.63, 3.8) is 0 Å². The largest absolute Gasteiger partial charge is 0.325 e. The van der Waals surface area contributed by atoms with Crippen LogP contribution in [-0.2, 0) is 6.42 Å². The number of hydrogen-bond acceptors (Lipinski definition) is 1. The van der Waals surface area contributed by atoms with Gasteiger partial charge in [0, 0.05) is 15.6 Å². The summed E-state index contributed by atoms with van der Waals surface area (Å²) in [5.74, 6) is 0.441. The molecule has 2 N–H and O–H groups in total. The SMILES string of the molecule is CCCCCCCCCCC(Cc1ccc(Cl)cc1Cl)C(C)(C)N. The third-order valence-electron chi connectivity index (χ3n) is 4.94. The number of nitrogens with two attached hydrogens (primary N) is 1. The van der Waals surface area contributed by atoms with Crippen molar-refractivity contribution < 1.29 is 0 Å². The van der Waals surface area contributed by atoms with Gasteiger partial charge < -0.3 is 5.73 Å². The van der Waals surface area contributed by atoms with Crippen LogP contribution in [0.1, 0.15) is 84.1 Å². The van der Waals surface area contributed by atoms with Gasteiger partial charge in [-0.15, -0.1) is 0 Å². The molecule has 3 heteroatoms. The fourth-order valence-electron chi connectivity index (χ4n) is 3.21.